The molecule has 0 atom stereocenters. The highest BCUT2D eigenvalue weighted by molar-refractivity contribution is 5.79. The van der Waals surface area contributed by atoms with Crippen LogP contribution in [0, 0.1) is 11.8 Å². The molecule has 0 bridgehead atoms. The number of hydrogen-bond donors (Lipinski definition) is 2. The SMILES string of the molecule is O=C(NCCC#Cc1ccc2c(=O)[nH]cnc2c1)OCC1c2ccccc2-c2ccccc21. The number of hydrogen-bond acceptors (Lipinski definition) is 4. The zero-order valence-electron chi connectivity index (χ0n) is 17.8. The third kappa shape index (κ3) is 4.21. The van der Waals surface area contributed by atoms with E-state index in [2.05, 4.69) is 51.4 Å². The first-order valence-corrected chi connectivity index (χ1v) is 10.8. The van der Waals surface area contributed by atoms with Crippen LogP contribution in [0.15, 0.2) is 77.9 Å². The molecule has 0 saturated heterocycles. The summed E-state index contributed by atoms with van der Waals surface area (Å²) in [5.74, 6) is 6.10. The predicted molar refractivity (Wildman–Crippen MR) is 127 cm³/mol. The van der Waals surface area contributed by atoms with Gasteiger partial charge >= 0.3 is 6.09 Å². The van der Waals surface area contributed by atoms with Gasteiger partial charge in [0, 0.05) is 24.4 Å². The highest BCUT2D eigenvalue weighted by Gasteiger charge is 2.28. The first kappa shape index (κ1) is 20.5. The molecule has 5 rings (SSSR count). The standard InChI is InChI=1S/C27H21N3O3/c31-26-23-13-12-18(15-25(23)29-17-30-26)7-5-6-14-28-27(32)33-16-24-21-10-3-1-8-19(21)20-9-2-4-11-22(20)24/h1-4,8-13,15,17,24H,6,14,16H2,(H,28,32)(H,29,30,31). The maximum atomic E-state index is 12.2. The van der Waals surface area contributed by atoms with Gasteiger partial charge in [-0.25, -0.2) is 9.78 Å². The van der Waals surface area contributed by atoms with Crippen molar-refractivity contribution in [3.63, 3.8) is 0 Å². The van der Waals surface area contributed by atoms with Crippen LogP contribution in [0.25, 0.3) is 22.0 Å². The Kier molecular flexibility index (Phi) is 5.61. The third-order valence-electron chi connectivity index (χ3n) is 5.74. The largest absolute Gasteiger partial charge is 0.449 e. The third-order valence-corrected chi connectivity index (χ3v) is 5.74. The minimum Gasteiger partial charge on any atom is -0.449 e. The van der Waals surface area contributed by atoms with Crippen molar-refractivity contribution in [3.05, 3.63) is 100 Å². The van der Waals surface area contributed by atoms with Crippen molar-refractivity contribution < 1.29 is 9.53 Å². The first-order valence-electron chi connectivity index (χ1n) is 10.8. The van der Waals surface area contributed by atoms with Gasteiger partial charge in [0.1, 0.15) is 6.61 Å². The lowest BCUT2D eigenvalue weighted by molar-refractivity contribution is 0.143. The highest BCUT2D eigenvalue weighted by atomic mass is 16.5. The number of alkyl carbamates (subject to hydrolysis) is 1. The molecule has 0 aliphatic heterocycles. The molecule has 33 heavy (non-hydrogen) atoms. The average Bonchev–Trinajstić information content (AvgIpc) is 3.16. The zero-order chi connectivity index (χ0) is 22.6. The van der Waals surface area contributed by atoms with Crippen molar-refractivity contribution in [3.8, 4) is 23.0 Å². The maximum absolute atomic E-state index is 12.2. The maximum Gasteiger partial charge on any atom is 0.407 e. The van der Waals surface area contributed by atoms with Crippen LogP contribution >= 0.6 is 0 Å². The summed E-state index contributed by atoms with van der Waals surface area (Å²) in [6, 6.07) is 21.8. The van der Waals surface area contributed by atoms with Gasteiger partial charge in [-0.15, -0.1) is 0 Å². The lowest BCUT2D eigenvalue weighted by Crippen LogP contribution is -2.26. The minimum absolute atomic E-state index is 0.0386. The Labute approximate surface area is 190 Å². The summed E-state index contributed by atoms with van der Waals surface area (Å²) in [6.07, 6.45) is 1.40. The van der Waals surface area contributed by atoms with Crippen LogP contribution in [-0.2, 0) is 4.74 Å². The Morgan fingerprint density at radius 2 is 1.76 bits per heavy atom. The van der Waals surface area contributed by atoms with Crippen LogP contribution in [0.1, 0.15) is 29.0 Å². The molecule has 0 radical (unpaired) electrons. The van der Waals surface area contributed by atoms with Gasteiger partial charge in [0.15, 0.2) is 0 Å². The monoisotopic (exact) mass is 435 g/mol. The average molecular weight is 435 g/mol. The molecule has 1 heterocycles. The van der Waals surface area contributed by atoms with Gasteiger partial charge in [-0.2, -0.15) is 0 Å². The second kappa shape index (κ2) is 9.01. The predicted octanol–water partition coefficient (Wildman–Crippen LogP) is 4.20. The Bertz CT molecular complexity index is 1420. The van der Waals surface area contributed by atoms with E-state index in [-0.39, 0.29) is 18.1 Å². The van der Waals surface area contributed by atoms with E-state index in [0.29, 0.717) is 23.9 Å². The molecule has 162 valence electrons. The molecule has 1 amide bonds. The van der Waals surface area contributed by atoms with Crippen LogP contribution in [0.2, 0.25) is 0 Å². The number of nitrogens with zero attached hydrogens (tertiary/aromatic N) is 1. The van der Waals surface area contributed by atoms with E-state index in [4.69, 9.17) is 4.74 Å². The normalized spacial score (nSPS) is 11.9. The molecular weight excluding hydrogens is 414 g/mol. The number of aromatic nitrogens is 2. The summed E-state index contributed by atoms with van der Waals surface area (Å²) in [5, 5.41) is 3.28. The fraction of sp³-hybridized carbons (Fsp3) is 0.148. The molecule has 0 spiro atoms. The van der Waals surface area contributed by atoms with E-state index in [1.54, 1.807) is 18.2 Å². The number of carbonyl (C=O) groups is 1. The van der Waals surface area contributed by atoms with Crippen LogP contribution in [0.4, 0.5) is 4.79 Å². The van der Waals surface area contributed by atoms with Crippen LogP contribution in [0.3, 0.4) is 0 Å². The molecule has 3 aromatic carbocycles. The van der Waals surface area contributed by atoms with E-state index in [1.165, 1.54) is 28.6 Å². The van der Waals surface area contributed by atoms with Gasteiger partial charge in [-0.1, -0.05) is 60.4 Å². The van der Waals surface area contributed by atoms with E-state index in [0.717, 1.165) is 5.56 Å². The molecule has 1 aromatic heterocycles. The summed E-state index contributed by atoms with van der Waals surface area (Å²) >= 11 is 0. The topological polar surface area (TPSA) is 84.1 Å². The number of rotatable bonds is 4. The van der Waals surface area contributed by atoms with E-state index < -0.39 is 6.09 Å². The molecule has 4 aromatic rings. The molecule has 0 saturated carbocycles. The smallest absolute Gasteiger partial charge is 0.407 e. The van der Waals surface area contributed by atoms with Gasteiger partial charge in [-0.05, 0) is 40.5 Å². The lowest BCUT2D eigenvalue weighted by Gasteiger charge is -2.14. The summed E-state index contributed by atoms with van der Waals surface area (Å²) in [7, 11) is 0. The number of fused-ring (bicyclic) bond motifs is 4. The minimum atomic E-state index is -0.451. The van der Waals surface area contributed by atoms with Crippen molar-refractivity contribution in [2.24, 2.45) is 0 Å². The van der Waals surface area contributed by atoms with Crippen molar-refractivity contribution >= 4 is 17.0 Å². The number of aromatic amines is 1. The molecule has 6 nitrogen and oxygen atoms in total. The number of carbonyl (C=O) groups excluding carboxylic acids is 1. The van der Waals surface area contributed by atoms with Crippen molar-refractivity contribution in [2.75, 3.05) is 13.2 Å². The Hall–Kier alpha value is -4.37. The lowest BCUT2D eigenvalue weighted by atomic mass is 9.98. The van der Waals surface area contributed by atoms with Crippen molar-refractivity contribution in [1.82, 2.24) is 15.3 Å². The summed E-state index contributed by atoms with van der Waals surface area (Å²) in [5.41, 5.74) is 5.96. The van der Waals surface area contributed by atoms with Gasteiger partial charge in [0.05, 0.1) is 17.2 Å². The molecule has 1 aliphatic rings. The second-order valence-electron chi connectivity index (χ2n) is 7.77. The molecular formula is C27H21N3O3. The second-order valence-corrected chi connectivity index (χ2v) is 7.77. The molecule has 0 fully saturated rings. The van der Waals surface area contributed by atoms with E-state index in [1.807, 2.05) is 24.3 Å². The molecule has 6 heteroatoms. The number of nitrogens with one attached hydrogen (secondary N) is 2. The van der Waals surface area contributed by atoms with Gasteiger partial charge in [0.25, 0.3) is 5.56 Å². The highest BCUT2D eigenvalue weighted by Crippen LogP contribution is 2.44. The molecule has 2 N–H and O–H groups in total. The number of amides is 1. The summed E-state index contributed by atoms with van der Waals surface area (Å²) in [6.45, 7) is 0.671. The van der Waals surface area contributed by atoms with Gasteiger partial charge < -0.3 is 15.0 Å². The van der Waals surface area contributed by atoms with Crippen LogP contribution in [-0.4, -0.2) is 29.2 Å². The Morgan fingerprint density at radius 3 is 2.52 bits per heavy atom. The molecule has 1 aliphatic carbocycles. The fourth-order valence-electron chi connectivity index (χ4n) is 4.19. The van der Waals surface area contributed by atoms with Gasteiger partial charge in [-0.3, -0.25) is 4.79 Å². The summed E-state index contributed by atoms with van der Waals surface area (Å²) in [4.78, 5) is 30.6. The summed E-state index contributed by atoms with van der Waals surface area (Å²) < 4.78 is 5.52. The Balaban J connectivity index is 1.14. The van der Waals surface area contributed by atoms with Crippen LogP contribution in [0.5, 0.6) is 0 Å². The number of H-pyrrole nitrogens is 1. The fourth-order valence-corrected chi connectivity index (χ4v) is 4.19. The number of benzene rings is 3. The van der Waals surface area contributed by atoms with E-state index in [9.17, 15) is 9.59 Å². The number of ether oxygens (including phenoxy) is 1. The van der Waals surface area contributed by atoms with Gasteiger partial charge in [0.2, 0.25) is 0 Å². The first-order chi connectivity index (χ1) is 16.2. The zero-order valence-corrected chi connectivity index (χ0v) is 17.8. The Morgan fingerprint density at radius 1 is 1.03 bits per heavy atom. The van der Waals surface area contributed by atoms with E-state index >= 15 is 0 Å². The van der Waals surface area contributed by atoms with Crippen LogP contribution < -0.4 is 10.9 Å². The van der Waals surface area contributed by atoms with Crippen molar-refractivity contribution in [1.29, 1.82) is 0 Å². The quantitative estimate of drug-likeness (QED) is 0.372. The molecule has 0 unspecified atom stereocenters. The van der Waals surface area contributed by atoms with Crippen molar-refractivity contribution in [2.45, 2.75) is 12.3 Å².